The first-order valence-corrected chi connectivity index (χ1v) is 8.20. The molecule has 1 fully saturated rings. The maximum absolute atomic E-state index is 4.56. The van der Waals surface area contributed by atoms with Crippen molar-refractivity contribution >= 4 is 38.7 Å². The van der Waals surface area contributed by atoms with E-state index in [9.17, 15) is 0 Å². The highest BCUT2D eigenvalue weighted by molar-refractivity contribution is 7.18. The van der Waals surface area contributed by atoms with Crippen molar-refractivity contribution in [3.63, 3.8) is 0 Å². The molecule has 0 N–H and O–H groups in total. The van der Waals surface area contributed by atoms with E-state index in [1.165, 1.54) is 28.7 Å². The van der Waals surface area contributed by atoms with Gasteiger partial charge in [0.15, 0.2) is 0 Å². The summed E-state index contributed by atoms with van der Waals surface area (Å²) in [6.45, 7) is 2.23. The number of anilines is 1. The Morgan fingerprint density at radius 3 is 2.79 bits per heavy atom. The van der Waals surface area contributed by atoms with Gasteiger partial charge in [-0.05, 0) is 24.3 Å². The van der Waals surface area contributed by atoms with Gasteiger partial charge < -0.3 is 4.90 Å². The molecule has 0 bridgehead atoms. The van der Waals surface area contributed by atoms with Crippen LogP contribution in [0.5, 0.6) is 0 Å². The first kappa shape index (κ1) is 11.4. The molecule has 1 aliphatic rings. The molecule has 3 aromatic heterocycles. The molecule has 0 atom stereocenters. The van der Waals surface area contributed by atoms with Gasteiger partial charge in [0.2, 0.25) is 0 Å². The average molecular weight is 287 g/mol. The second kappa shape index (κ2) is 4.58. The summed E-state index contributed by atoms with van der Waals surface area (Å²) >= 11 is 3.49. The summed E-state index contributed by atoms with van der Waals surface area (Å²) in [5, 5.41) is 5.57. The Hall–Kier alpha value is -1.46. The molecule has 0 aliphatic carbocycles. The number of thiophene rings is 2. The van der Waals surface area contributed by atoms with Crippen LogP contribution in [0.25, 0.3) is 20.7 Å². The number of hydrogen-bond acceptors (Lipinski definition) is 5. The van der Waals surface area contributed by atoms with Crippen LogP contribution in [-0.2, 0) is 0 Å². The van der Waals surface area contributed by atoms with E-state index in [1.54, 1.807) is 29.0 Å². The second-order valence-electron chi connectivity index (χ2n) is 4.70. The molecule has 0 spiro atoms. The van der Waals surface area contributed by atoms with Gasteiger partial charge in [0.25, 0.3) is 0 Å². The van der Waals surface area contributed by atoms with E-state index in [0.29, 0.717) is 0 Å². The van der Waals surface area contributed by atoms with Crippen molar-refractivity contribution in [2.24, 2.45) is 0 Å². The third kappa shape index (κ3) is 1.84. The Balaban J connectivity index is 1.95. The summed E-state index contributed by atoms with van der Waals surface area (Å²) in [6, 6.07) is 4.27. The lowest BCUT2D eigenvalue weighted by atomic mass is 10.2. The Bertz CT molecular complexity index is 697. The van der Waals surface area contributed by atoms with Gasteiger partial charge in [-0.25, -0.2) is 9.97 Å². The first-order valence-electron chi connectivity index (χ1n) is 6.44. The van der Waals surface area contributed by atoms with E-state index in [4.69, 9.17) is 0 Å². The van der Waals surface area contributed by atoms with Gasteiger partial charge in [0, 0.05) is 28.9 Å². The Morgan fingerprint density at radius 1 is 1.11 bits per heavy atom. The molecule has 4 heterocycles. The fraction of sp³-hybridized carbons (Fsp3) is 0.286. The Morgan fingerprint density at radius 2 is 2.00 bits per heavy atom. The molecule has 3 nitrogen and oxygen atoms in total. The van der Waals surface area contributed by atoms with E-state index in [1.807, 2.05) is 0 Å². The van der Waals surface area contributed by atoms with Crippen molar-refractivity contribution in [3.05, 3.63) is 29.2 Å². The molecular formula is C14H13N3S2. The molecule has 0 saturated carbocycles. The third-order valence-corrected chi connectivity index (χ3v) is 5.33. The summed E-state index contributed by atoms with van der Waals surface area (Å²) in [4.78, 5) is 13.8. The topological polar surface area (TPSA) is 29.0 Å². The van der Waals surface area contributed by atoms with Crippen LogP contribution in [0.3, 0.4) is 0 Å². The van der Waals surface area contributed by atoms with Gasteiger partial charge in [0.05, 0.1) is 5.39 Å². The van der Waals surface area contributed by atoms with Crippen molar-refractivity contribution < 1.29 is 0 Å². The maximum atomic E-state index is 4.56. The zero-order chi connectivity index (χ0) is 12.7. The van der Waals surface area contributed by atoms with Gasteiger partial charge in [-0.2, -0.15) is 0 Å². The van der Waals surface area contributed by atoms with Crippen molar-refractivity contribution in [2.45, 2.75) is 12.8 Å². The molecule has 19 heavy (non-hydrogen) atoms. The summed E-state index contributed by atoms with van der Waals surface area (Å²) < 4.78 is 0. The molecule has 0 aromatic carbocycles. The highest BCUT2D eigenvalue weighted by atomic mass is 32.1. The first-order chi connectivity index (χ1) is 9.43. The van der Waals surface area contributed by atoms with Crippen LogP contribution in [0, 0.1) is 0 Å². The van der Waals surface area contributed by atoms with Crippen LogP contribution < -0.4 is 4.90 Å². The van der Waals surface area contributed by atoms with Crippen molar-refractivity contribution in [2.75, 3.05) is 18.0 Å². The van der Waals surface area contributed by atoms with E-state index in [0.717, 1.165) is 23.7 Å². The lowest BCUT2D eigenvalue weighted by Gasteiger charge is -2.17. The highest BCUT2D eigenvalue weighted by Gasteiger charge is 2.20. The molecule has 0 radical (unpaired) electrons. The van der Waals surface area contributed by atoms with E-state index < -0.39 is 0 Å². The quantitative estimate of drug-likeness (QED) is 0.713. The summed E-state index contributed by atoms with van der Waals surface area (Å²) in [5.74, 6) is 1.12. The monoisotopic (exact) mass is 287 g/mol. The number of rotatable bonds is 2. The minimum Gasteiger partial charge on any atom is -0.356 e. The molecule has 0 amide bonds. The maximum Gasteiger partial charge on any atom is 0.141 e. The molecule has 1 saturated heterocycles. The van der Waals surface area contributed by atoms with Crippen LogP contribution >= 0.6 is 22.7 Å². The minimum atomic E-state index is 1.10. The largest absolute Gasteiger partial charge is 0.356 e. The van der Waals surface area contributed by atoms with Gasteiger partial charge >= 0.3 is 0 Å². The summed E-state index contributed by atoms with van der Waals surface area (Å²) in [6.07, 6.45) is 4.23. The van der Waals surface area contributed by atoms with E-state index in [2.05, 4.69) is 37.8 Å². The Kier molecular flexibility index (Phi) is 2.74. The molecule has 4 rings (SSSR count). The standard InChI is InChI=1S/C14H13N3S2/c1-2-6-17(5-1)13-12-10(11-4-3-7-18-11)8-19-14(12)16-9-15-13/h3-4,7-9H,1-2,5-6H2. The van der Waals surface area contributed by atoms with Gasteiger partial charge in [-0.15, -0.1) is 22.7 Å². The normalized spacial score (nSPS) is 15.5. The third-order valence-electron chi connectivity index (χ3n) is 3.54. The van der Waals surface area contributed by atoms with Crippen LogP contribution in [0.4, 0.5) is 5.82 Å². The second-order valence-corrected chi connectivity index (χ2v) is 6.50. The zero-order valence-corrected chi connectivity index (χ0v) is 12.0. The number of aromatic nitrogens is 2. The minimum absolute atomic E-state index is 1.10. The fourth-order valence-electron chi connectivity index (χ4n) is 2.64. The summed E-state index contributed by atoms with van der Waals surface area (Å²) in [5.41, 5.74) is 1.29. The van der Waals surface area contributed by atoms with Crippen molar-refractivity contribution in [1.82, 2.24) is 9.97 Å². The van der Waals surface area contributed by atoms with E-state index in [-0.39, 0.29) is 0 Å². The van der Waals surface area contributed by atoms with Crippen LogP contribution in [-0.4, -0.2) is 23.1 Å². The predicted octanol–water partition coefficient (Wildman–Crippen LogP) is 4.02. The molecule has 0 unspecified atom stereocenters. The number of hydrogen-bond donors (Lipinski definition) is 0. The lowest BCUT2D eigenvalue weighted by Crippen LogP contribution is -2.19. The van der Waals surface area contributed by atoms with E-state index >= 15 is 0 Å². The molecule has 5 heteroatoms. The number of nitrogens with zero attached hydrogens (tertiary/aromatic N) is 3. The SMILES string of the molecule is c1csc(-c2csc3ncnc(N4CCCC4)c23)c1. The van der Waals surface area contributed by atoms with Gasteiger partial charge in [-0.3, -0.25) is 0 Å². The highest BCUT2D eigenvalue weighted by Crippen LogP contribution is 2.40. The lowest BCUT2D eigenvalue weighted by molar-refractivity contribution is 0.940. The number of fused-ring (bicyclic) bond motifs is 1. The average Bonchev–Trinajstić information content (AvgIpc) is 3.18. The molecule has 96 valence electrons. The molecule has 3 aromatic rings. The summed E-state index contributed by atoms with van der Waals surface area (Å²) in [7, 11) is 0. The van der Waals surface area contributed by atoms with Crippen molar-refractivity contribution in [1.29, 1.82) is 0 Å². The fourth-order valence-corrected chi connectivity index (χ4v) is 4.37. The predicted molar refractivity (Wildman–Crippen MR) is 82.2 cm³/mol. The molecular weight excluding hydrogens is 274 g/mol. The van der Waals surface area contributed by atoms with Crippen molar-refractivity contribution in [3.8, 4) is 10.4 Å². The molecule has 1 aliphatic heterocycles. The van der Waals surface area contributed by atoms with Crippen LogP contribution in [0.1, 0.15) is 12.8 Å². The van der Waals surface area contributed by atoms with Gasteiger partial charge in [-0.1, -0.05) is 6.07 Å². The van der Waals surface area contributed by atoms with Crippen LogP contribution in [0.15, 0.2) is 29.2 Å². The van der Waals surface area contributed by atoms with Gasteiger partial charge in [0.1, 0.15) is 17.0 Å². The zero-order valence-electron chi connectivity index (χ0n) is 10.4. The van der Waals surface area contributed by atoms with Crippen LogP contribution in [0.2, 0.25) is 0 Å². The Labute approximate surface area is 119 Å². The smallest absolute Gasteiger partial charge is 0.141 e.